The van der Waals surface area contributed by atoms with Gasteiger partial charge in [0.2, 0.25) is 0 Å². The first-order chi connectivity index (χ1) is 9.51. The number of pyridine rings is 1. The second-order valence-electron chi connectivity index (χ2n) is 4.03. The molecular formula is C12H14N4O3S. The van der Waals surface area contributed by atoms with Crippen molar-refractivity contribution in [2.24, 2.45) is 0 Å². The number of rotatable bonds is 5. The lowest BCUT2D eigenvalue weighted by Gasteiger charge is -2.04. The van der Waals surface area contributed by atoms with Crippen LogP contribution >= 0.6 is 11.8 Å². The fourth-order valence-corrected chi connectivity index (χ4v) is 2.40. The van der Waals surface area contributed by atoms with Gasteiger partial charge >= 0.3 is 5.69 Å². The van der Waals surface area contributed by atoms with Gasteiger partial charge in [-0.2, -0.15) is 0 Å². The summed E-state index contributed by atoms with van der Waals surface area (Å²) in [4.78, 5) is 19.0. The van der Waals surface area contributed by atoms with Crippen molar-refractivity contribution in [3.8, 4) is 0 Å². The number of nitro groups is 1. The SMILES string of the molecule is CCNc1ccc([N+](=O)[O-])c(Sc2nc(C)c(C)o2)n1. The molecule has 2 aromatic heterocycles. The Bertz CT molecular complexity index is 622. The number of nitrogens with one attached hydrogen (secondary N) is 1. The maximum absolute atomic E-state index is 11.0. The lowest BCUT2D eigenvalue weighted by molar-refractivity contribution is -0.388. The molecule has 2 aromatic rings. The Hall–Kier alpha value is -2.09. The summed E-state index contributed by atoms with van der Waals surface area (Å²) in [6.07, 6.45) is 0. The van der Waals surface area contributed by atoms with Crippen LogP contribution in [0.3, 0.4) is 0 Å². The summed E-state index contributed by atoms with van der Waals surface area (Å²) in [6.45, 7) is 6.23. The topological polar surface area (TPSA) is 94.1 Å². The largest absolute Gasteiger partial charge is 0.436 e. The van der Waals surface area contributed by atoms with Gasteiger partial charge in [0, 0.05) is 12.6 Å². The highest BCUT2D eigenvalue weighted by Crippen LogP contribution is 2.34. The Morgan fingerprint density at radius 2 is 2.15 bits per heavy atom. The van der Waals surface area contributed by atoms with Crippen LogP contribution in [0.5, 0.6) is 0 Å². The Labute approximate surface area is 120 Å². The predicted octanol–water partition coefficient (Wildman–Crippen LogP) is 3.18. The third kappa shape index (κ3) is 3.08. The van der Waals surface area contributed by atoms with E-state index in [0.717, 1.165) is 17.5 Å². The van der Waals surface area contributed by atoms with Crippen LogP contribution in [0.4, 0.5) is 11.5 Å². The number of oxazole rings is 1. The van der Waals surface area contributed by atoms with Gasteiger partial charge in [-0.05, 0) is 38.6 Å². The van der Waals surface area contributed by atoms with E-state index in [2.05, 4.69) is 15.3 Å². The number of aryl methyl sites for hydroxylation is 2. The van der Waals surface area contributed by atoms with Crippen LogP contribution in [0.2, 0.25) is 0 Å². The molecule has 0 amide bonds. The molecule has 7 nitrogen and oxygen atoms in total. The summed E-state index contributed by atoms with van der Waals surface area (Å²) < 4.78 is 5.42. The molecule has 0 aromatic carbocycles. The fraction of sp³-hybridized carbons (Fsp3) is 0.333. The van der Waals surface area contributed by atoms with Crippen molar-refractivity contribution < 1.29 is 9.34 Å². The fourth-order valence-electron chi connectivity index (χ4n) is 1.50. The minimum Gasteiger partial charge on any atom is -0.436 e. The molecule has 0 spiro atoms. The van der Waals surface area contributed by atoms with Crippen molar-refractivity contribution in [2.45, 2.75) is 31.0 Å². The minimum absolute atomic E-state index is 0.0647. The minimum atomic E-state index is -0.465. The number of hydrogen-bond acceptors (Lipinski definition) is 7. The highest BCUT2D eigenvalue weighted by molar-refractivity contribution is 7.99. The molecule has 8 heteroatoms. The lowest BCUT2D eigenvalue weighted by Crippen LogP contribution is -2.01. The van der Waals surface area contributed by atoms with Gasteiger partial charge in [-0.25, -0.2) is 9.97 Å². The van der Waals surface area contributed by atoms with E-state index in [0.29, 0.717) is 23.3 Å². The van der Waals surface area contributed by atoms with E-state index in [4.69, 9.17) is 4.42 Å². The molecule has 0 bridgehead atoms. The molecular weight excluding hydrogens is 280 g/mol. The molecule has 1 N–H and O–H groups in total. The van der Waals surface area contributed by atoms with Crippen LogP contribution in [-0.4, -0.2) is 21.4 Å². The van der Waals surface area contributed by atoms with Gasteiger partial charge in [0.05, 0.1) is 10.6 Å². The second-order valence-corrected chi connectivity index (χ2v) is 4.97. The van der Waals surface area contributed by atoms with Crippen molar-refractivity contribution in [1.29, 1.82) is 0 Å². The summed E-state index contributed by atoms with van der Waals surface area (Å²) in [7, 11) is 0. The maximum atomic E-state index is 11.0. The molecule has 0 radical (unpaired) electrons. The molecule has 0 unspecified atom stereocenters. The average Bonchev–Trinajstić information content (AvgIpc) is 2.68. The maximum Gasteiger partial charge on any atom is 0.302 e. The summed E-state index contributed by atoms with van der Waals surface area (Å²) >= 11 is 1.05. The summed E-state index contributed by atoms with van der Waals surface area (Å²) in [5.74, 6) is 1.28. The molecule has 0 aliphatic rings. The second kappa shape index (κ2) is 5.91. The third-order valence-electron chi connectivity index (χ3n) is 2.59. The molecule has 0 aliphatic carbocycles. The number of nitrogens with zero attached hydrogens (tertiary/aromatic N) is 3. The Morgan fingerprint density at radius 1 is 1.40 bits per heavy atom. The van der Waals surface area contributed by atoms with Crippen LogP contribution in [-0.2, 0) is 0 Å². The number of anilines is 1. The molecule has 20 heavy (non-hydrogen) atoms. The van der Waals surface area contributed by atoms with Crippen LogP contribution in [0, 0.1) is 24.0 Å². The summed E-state index contributed by atoms with van der Waals surface area (Å²) in [5.41, 5.74) is 0.697. The standard InChI is InChI=1S/C12H14N4O3S/c1-4-13-10-6-5-9(16(17)18)11(15-10)20-12-14-7(2)8(3)19-12/h5-6H,4H2,1-3H3,(H,13,15). The quantitative estimate of drug-likeness (QED) is 0.668. The Balaban J connectivity index is 2.36. The lowest BCUT2D eigenvalue weighted by atomic mass is 10.4. The molecule has 0 atom stereocenters. The van der Waals surface area contributed by atoms with Crippen LogP contribution in [0.25, 0.3) is 0 Å². The van der Waals surface area contributed by atoms with Crippen LogP contribution in [0.15, 0.2) is 26.8 Å². The molecule has 106 valence electrons. The van der Waals surface area contributed by atoms with Gasteiger partial charge in [0.25, 0.3) is 5.22 Å². The van der Waals surface area contributed by atoms with Crippen molar-refractivity contribution >= 4 is 23.3 Å². The zero-order valence-electron chi connectivity index (χ0n) is 11.3. The van der Waals surface area contributed by atoms with Crippen molar-refractivity contribution in [3.05, 3.63) is 33.7 Å². The number of aromatic nitrogens is 2. The van der Waals surface area contributed by atoms with E-state index in [1.807, 2.05) is 13.8 Å². The van der Waals surface area contributed by atoms with Crippen molar-refractivity contribution in [3.63, 3.8) is 0 Å². The third-order valence-corrected chi connectivity index (χ3v) is 3.43. The molecule has 0 saturated heterocycles. The Morgan fingerprint density at radius 3 is 2.70 bits per heavy atom. The summed E-state index contributed by atoms with van der Waals surface area (Å²) in [6, 6.07) is 3.01. The molecule has 2 heterocycles. The molecule has 0 saturated carbocycles. The van der Waals surface area contributed by atoms with Gasteiger partial charge in [0.1, 0.15) is 11.6 Å². The van der Waals surface area contributed by atoms with Gasteiger partial charge in [0.15, 0.2) is 5.03 Å². The van der Waals surface area contributed by atoms with Gasteiger partial charge in [-0.1, -0.05) is 0 Å². The zero-order valence-corrected chi connectivity index (χ0v) is 12.2. The van der Waals surface area contributed by atoms with E-state index < -0.39 is 4.92 Å². The van der Waals surface area contributed by atoms with Gasteiger partial charge in [-0.15, -0.1) is 0 Å². The predicted molar refractivity (Wildman–Crippen MR) is 75.2 cm³/mol. The monoisotopic (exact) mass is 294 g/mol. The van der Waals surface area contributed by atoms with E-state index in [-0.39, 0.29) is 10.7 Å². The normalized spacial score (nSPS) is 10.6. The highest BCUT2D eigenvalue weighted by atomic mass is 32.2. The molecule has 2 rings (SSSR count). The first-order valence-corrected chi connectivity index (χ1v) is 6.84. The molecule has 0 fully saturated rings. The van der Waals surface area contributed by atoms with E-state index in [9.17, 15) is 10.1 Å². The Kier molecular flexibility index (Phi) is 4.23. The van der Waals surface area contributed by atoms with Crippen molar-refractivity contribution in [1.82, 2.24) is 9.97 Å². The van der Waals surface area contributed by atoms with Gasteiger partial charge in [-0.3, -0.25) is 10.1 Å². The first-order valence-electron chi connectivity index (χ1n) is 6.02. The van der Waals surface area contributed by atoms with E-state index >= 15 is 0 Å². The smallest absolute Gasteiger partial charge is 0.302 e. The van der Waals surface area contributed by atoms with E-state index in [1.165, 1.54) is 6.07 Å². The summed E-state index contributed by atoms with van der Waals surface area (Å²) in [5, 5.41) is 14.7. The first kappa shape index (κ1) is 14.3. The molecule has 0 aliphatic heterocycles. The van der Waals surface area contributed by atoms with Gasteiger partial charge < -0.3 is 9.73 Å². The van der Waals surface area contributed by atoms with Crippen LogP contribution in [0.1, 0.15) is 18.4 Å². The average molecular weight is 294 g/mol. The number of hydrogen-bond donors (Lipinski definition) is 1. The van der Waals surface area contributed by atoms with Crippen molar-refractivity contribution in [2.75, 3.05) is 11.9 Å². The highest BCUT2D eigenvalue weighted by Gasteiger charge is 2.20. The van der Waals surface area contributed by atoms with E-state index in [1.54, 1.807) is 13.0 Å². The zero-order chi connectivity index (χ0) is 14.7. The van der Waals surface area contributed by atoms with Crippen LogP contribution < -0.4 is 5.32 Å².